The van der Waals surface area contributed by atoms with Gasteiger partial charge < -0.3 is 20.2 Å². The first-order chi connectivity index (χ1) is 13.1. The molecule has 3 heterocycles. The van der Waals surface area contributed by atoms with Gasteiger partial charge in [-0.1, -0.05) is 11.8 Å². The van der Waals surface area contributed by atoms with Gasteiger partial charge >= 0.3 is 5.69 Å². The number of H-pyrrole nitrogens is 2. The summed E-state index contributed by atoms with van der Waals surface area (Å²) in [6, 6.07) is 5.09. The summed E-state index contributed by atoms with van der Waals surface area (Å²) in [5, 5.41) is 3.12. The Bertz CT molecular complexity index is 1040. The summed E-state index contributed by atoms with van der Waals surface area (Å²) in [6.45, 7) is 1.56. The smallest absolute Gasteiger partial charge is 0.323 e. The zero-order valence-corrected chi connectivity index (χ0v) is 15.1. The molecule has 0 saturated carbocycles. The molecule has 0 atom stereocenters. The van der Waals surface area contributed by atoms with Crippen molar-refractivity contribution >= 4 is 40.2 Å². The predicted molar refractivity (Wildman–Crippen MR) is 102 cm³/mol. The summed E-state index contributed by atoms with van der Waals surface area (Å²) < 4.78 is 14.0. The van der Waals surface area contributed by atoms with E-state index in [1.54, 1.807) is 18.2 Å². The Kier molecular flexibility index (Phi) is 4.80. The lowest BCUT2D eigenvalue weighted by Gasteiger charge is -2.17. The molecule has 0 radical (unpaired) electrons. The van der Waals surface area contributed by atoms with E-state index in [1.807, 2.05) is 4.90 Å². The van der Waals surface area contributed by atoms with E-state index in [9.17, 15) is 14.0 Å². The van der Waals surface area contributed by atoms with Gasteiger partial charge in [-0.3, -0.25) is 4.79 Å². The van der Waals surface area contributed by atoms with E-state index < -0.39 is 5.82 Å². The van der Waals surface area contributed by atoms with Gasteiger partial charge in [0.1, 0.15) is 0 Å². The van der Waals surface area contributed by atoms with Gasteiger partial charge in [0, 0.05) is 18.8 Å². The Morgan fingerprint density at radius 3 is 2.85 bits per heavy atom. The van der Waals surface area contributed by atoms with Gasteiger partial charge in [-0.15, -0.1) is 0 Å². The zero-order chi connectivity index (χ0) is 18.8. The van der Waals surface area contributed by atoms with Crippen molar-refractivity contribution in [2.75, 3.05) is 29.1 Å². The molecule has 3 N–H and O–H groups in total. The fraction of sp³-hybridized carbons (Fsp3) is 0.294. The van der Waals surface area contributed by atoms with Crippen molar-refractivity contribution in [2.24, 2.45) is 0 Å². The molecule has 1 aromatic carbocycles. The van der Waals surface area contributed by atoms with E-state index in [0.717, 1.165) is 43.9 Å². The predicted octanol–water partition coefficient (Wildman–Crippen LogP) is 2.12. The Morgan fingerprint density at radius 1 is 1.26 bits per heavy atom. The van der Waals surface area contributed by atoms with Crippen molar-refractivity contribution in [3.05, 3.63) is 40.7 Å². The molecule has 27 heavy (non-hydrogen) atoms. The molecule has 8 nitrogen and oxygen atoms in total. The van der Waals surface area contributed by atoms with Crippen LogP contribution in [0.4, 0.5) is 15.9 Å². The number of anilines is 2. The summed E-state index contributed by atoms with van der Waals surface area (Å²) >= 11 is 1.15. The number of amides is 1. The van der Waals surface area contributed by atoms with Crippen LogP contribution in [-0.2, 0) is 4.79 Å². The third-order valence-electron chi connectivity index (χ3n) is 4.24. The lowest BCUT2D eigenvalue weighted by Crippen LogP contribution is -2.21. The Morgan fingerprint density at radius 2 is 2.04 bits per heavy atom. The van der Waals surface area contributed by atoms with Crippen molar-refractivity contribution in [1.82, 2.24) is 19.9 Å². The number of aromatic amines is 2. The lowest BCUT2D eigenvalue weighted by molar-refractivity contribution is -0.113. The summed E-state index contributed by atoms with van der Waals surface area (Å²) in [5.74, 6) is -0.299. The number of hydrogen-bond donors (Lipinski definition) is 3. The second kappa shape index (κ2) is 7.39. The molecule has 0 aliphatic carbocycles. The van der Waals surface area contributed by atoms with Crippen LogP contribution in [0.3, 0.4) is 0 Å². The second-order valence-electron chi connectivity index (χ2n) is 6.19. The summed E-state index contributed by atoms with van der Waals surface area (Å²) in [4.78, 5) is 38.9. The topological polar surface area (TPSA) is 107 Å². The van der Waals surface area contributed by atoms with E-state index in [4.69, 9.17) is 0 Å². The SMILES string of the molecule is O=C(CSc1ncc(F)c(N2CCCC2)n1)Nc1ccc2[nH]c(=O)[nH]c2c1. The highest BCUT2D eigenvalue weighted by molar-refractivity contribution is 7.99. The number of rotatable bonds is 5. The zero-order valence-electron chi connectivity index (χ0n) is 14.3. The number of carbonyl (C=O) groups is 1. The number of thioether (sulfide) groups is 1. The number of hydrogen-bond acceptors (Lipinski definition) is 6. The maximum Gasteiger partial charge on any atom is 0.323 e. The molecular weight excluding hydrogens is 371 g/mol. The van der Waals surface area contributed by atoms with Crippen LogP contribution in [-0.4, -0.2) is 44.7 Å². The number of imidazole rings is 1. The molecule has 0 unspecified atom stereocenters. The van der Waals surface area contributed by atoms with Crippen LogP contribution in [0, 0.1) is 5.82 Å². The third-order valence-corrected chi connectivity index (χ3v) is 5.10. The Hall–Kier alpha value is -2.88. The minimum absolute atomic E-state index is 0.0900. The molecule has 1 fully saturated rings. The summed E-state index contributed by atoms with van der Waals surface area (Å²) in [5.41, 5.74) is 1.55. The third kappa shape index (κ3) is 3.95. The molecular formula is C17H17FN6O2S. The van der Waals surface area contributed by atoms with E-state index in [0.29, 0.717) is 27.7 Å². The first-order valence-corrected chi connectivity index (χ1v) is 9.49. The molecule has 3 aromatic rings. The maximum atomic E-state index is 14.0. The first-order valence-electron chi connectivity index (χ1n) is 8.51. The van der Waals surface area contributed by atoms with E-state index in [-0.39, 0.29) is 17.3 Å². The molecule has 1 aliphatic heterocycles. The van der Waals surface area contributed by atoms with Gasteiger partial charge in [-0.25, -0.2) is 19.2 Å². The molecule has 0 spiro atoms. The number of halogens is 1. The highest BCUT2D eigenvalue weighted by Gasteiger charge is 2.19. The van der Waals surface area contributed by atoms with Crippen molar-refractivity contribution in [2.45, 2.75) is 18.0 Å². The summed E-state index contributed by atoms with van der Waals surface area (Å²) in [6.07, 6.45) is 3.19. The Labute approximate surface area is 157 Å². The molecule has 1 aliphatic rings. The number of aromatic nitrogens is 4. The van der Waals surface area contributed by atoms with Gasteiger partial charge in [0.2, 0.25) is 5.91 Å². The van der Waals surface area contributed by atoms with Gasteiger partial charge in [-0.2, -0.15) is 0 Å². The molecule has 4 rings (SSSR count). The number of benzene rings is 1. The normalized spacial score (nSPS) is 14.0. The molecule has 140 valence electrons. The number of nitrogens with zero attached hydrogens (tertiary/aromatic N) is 3. The average molecular weight is 388 g/mol. The fourth-order valence-electron chi connectivity index (χ4n) is 3.00. The van der Waals surface area contributed by atoms with Gasteiger partial charge in [0.25, 0.3) is 0 Å². The minimum Gasteiger partial charge on any atom is -0.354 e. The molecule has 1 amide bonds. The highest BCUT2D eigenvalue weighted by atomic mass is 32.2. The molecule has 10 heteroatoms. The lowest BCUT2D eigenvalue weighted by atomic mass is 10.3. The van der Waals surface area contributed by atoms with Gasteiger partial charge in [-0.05, 0) is 31.0 Å². The van der Waals surface area contributed by atoms with E-state index >= 15 is 0 Å². The molecule has 1 saturated heterocycles. The van der Waals surface area contributed by atoms with Crippen LogP contribution in [0.1, 0.15) is 12.8 Å². The monoisotopic (exact) mass is 388 g/mol. The van der Waals surface area contributed by atoms with Crippen LogP contribution in [0.2, 0.25) is 0 Å². The first kappa shape index (κ1) is 17.5. The van der Waals surface area contributed by atoms with Gasteiger partial charge in [0.05, 0.1) is 23.0 Å². The number of nitrogens with one attached hydrogen (secondary N) is 3. The maximum absolute atomic E-state index is 14.0. The van der Waals surface area contributed by atoms with E-state index in [2.05, 4.69) is 25.3 Å². The van der Waals surface area contributed by atoms with Crippen LogP contribution < -0.4 is 15.9 Å². The van der Waals surface area contributed by atoms with E-state index in [1.165, 1.54) is 0 Å². The largest absolute Gasteiger partial charge is 0.354 e. The standard InChI is InChI=1S/C17H17FN6O2S/c18-11-8-19-17(23-15(11)24-5-1-2-6-24)27-9-14(25)20-10-3-4-12-13(7-10)22-16(26)21-12/h3-4,7-8H,1-2,5-6,9H2,(H,20,25)(H2,21,22,26). The van der Waals surface area contributed by atoms with Crippen LogP contribution in [0.5, 0.6) is 0 Å². The van der Waals surface area contributed by atoms with Crippen molar-refractivity contribution < 1.29 is 9.18 Å². The average Bonchev–Trinajstić information content (AvgIpc) is 3.29. The van der Waals surface area contributed by atoms with Crippen molar-refractivity contribution in [3.8, 4) is 0 Å². The molecule has 0 bridgehead atoms. The Balaban J connectivity index is 1.39. The number of carbonyl (C=O) groups excluding carboxylic acids is 1. The van der Waals surface area contributed by atoms with Crippen molar-refractivity contribution in [1.29, 1.82) is 0 Å². The molecule has 2 aromatic heterocycles. The quantitative estimate of drug-likeness (QED) is 0.457. The fourth-order valence-corrected chi connectivity index (χ4v) is 3.61. The van der Waals surface area contributed by atoms with Crippen LogP contribution in [0.15, 0.2) is 34.3 Å². The second-order valence-corrected chi connectivity index (χ2v) is 7.14. The number of fused-ring (bicyclic) bond motifs is 1. The van der Waals surface area contributed by atoms with Gasteiger partial charge in [0.15, 0.2) is 16.8 Å². The van der Waals surface area contributed by atoms with Crippen LogP contribution >= 0.6 is 11.8 Å². The van der Waals surface area contributed by atoms with Crippen molar-refractivity contribution in [3.63, 3.8) is 0 Å². The van der Waals surface area contributed by atoms with Crippen LogP contribution in [0.25, 0.3) is 11.0 Å². The minimum atomic E-state index is -0.445. The highest BCUT2D eigenvalue weighted by Crippen LogP contribution is 2.24. The summed E-state index contributed by atoms with van der Waals surface area (Å²) in [7, 11) is 0.